The standard InChI is InChI=1S/C11H14N2O4S/c1-5(14)9-8(10(15)16)13-11(18-9)12-6-3-7(4-6)17-2/h6-7H,3-4H2,1-2H3,(H,12,13)(H,15,16). The number of methoxy groups -OCH3 is 1. The van der Waals surface area contributed by atoms with Crippen molar-refractivity contribution in [1.29, 1.82) is 0 Å². The van der Waals surface area contributed by atoms with E-state index >= 15 is 0 Å². The van der Waals surface area contributed by atoms with Crippen LogP contribution in [0.2, 0.25) is 0 Å². The van der Waals surface area contributed by atoms with Gasteiger partial charge < -0.3 is 15.2 Å². The molecular formula is C11H14N2O4S. The number of carbonyl (C=O) groups excluding carboxylic acids is 1. The van der Waals surface area contributed by atoms with Crippen molar-refractivity contribution in [3.8, 4) is 0 Å². The summed E-state index contributed by atoms with van der Waals surface area (Å²) in [6.45, 7) is 1.34. The van der Waals surface area contributed by atoms with Crippen LogP contribution in [0.1, 0.15) is 39.9 Å². The highest BCUT2D eigenvalue weighted by Gasteiger charge is 2.30. The van der Waals surface area contributed by atoms with Gasteiger partial charge in [0.2, 0.25) is 0 Å². The number of anilines is 1. The van der Waals surface area contributed by atoms with E-state index in [9.17, 15) is 9.59 Å². The lowest BCUT2D eigenvalue weighted by Crippen LogP contribution is -2.40. The Morgan fingerprint density at radius 1 is 1.50 bits per heavy atom. The normalized spacial score (nSPS) is 22.3. The summed E-state index contributed by atoms with van der Waals surface area (Å²) in [5.41, 5.74) is -0.169. The zero-order chi connectivity index (χ0) is 13.3. The molecule has 0 radical (unpaired) electrons. The summed E-state index contributed by atoms with van der Waals surface area (Å²) in [5, 5.41) is 12.6. The maximum Gasteiger partial charge on any atom is 0.356 e. The maximum absolute atomic E-state index is 11.3. The molecule has 1 aliphatic rings. The fourth-order valence-corrected chi connectivity index (χ4v) is 2.75. The lowest BCUT2D eigenvalue weighted by molar-refractivity contribution is 0.0328. The molecule has 0 saturated heterocycles. The van der Waals surface area contributed by atoms with Gasteiger partial charge in [0.25, 0.3) is 0 Å². The molecule has 0 aliphatic heterocycles. The second kappa shape index (κ2) is 5.03. The van der Waals surface area contributed by atoms with Crippen LogP contribution < -0.4 is 5.32 Å². The zero-order valence-electron chi connectivity index (χ0n) is 10.1. The zero-order valence-corrected chi connectivity index (χ0v) is 10.9. The Morgan fingerprint density at radius 2 is 2.17 bits per heavy atom. The van der Waals surface area contributed by atoms with Gasteiger partial charge in [-0.1, -0.05) is 11.3 Å². The Hall–Kier alpha value is -1.47. The molecule has 1 heterocycles. The van der Waals surface area contributed by atoms with E-state index in [0.717, 1.165) is 24.2 Å². The molecule has 1 aliphatic carbocycles. The van der Waals surface area contributed by atoms with Crippen molar-refractivity contribution in [3.63, 3.8) is 0 Å². The Morgan fingerprint density at radius 3 is 2.61 bits per heavy atom. The number of carbonyl (C=O) groups is 2. The topological polar surface area (TPSA) is 88.5 Å². The minimum atomic E-state index is -1.17. The second-order valence-corrected chi connectivity index (χ2v) is 5.23. The minimum Gasteiger partial charge on any atom is -0.476 e. The first-order valence-corrected chi connectivity index (χ1v) is 6.37. The van der Waals surface area contributed by atoms with Crippen molar-refractivity contribution >= 4 is 28.2 Å². The molecule has 18 heavy (non-hydrogen) atoms. The number of Topliss-reactive ketones (excluding diaryl/α,β-unsaturated/α-hetero) is 1. The number of nitrogens with zero attached hydrogens (tertiary/aromatic N) is 1. The van der Waals surface area contributed by atoms with E-state index in [1.807, 2.05) is 0 Å². The molecule has 2 N–H and O–H groups in total. The van der Waals surface area contributed by atoms with Gasteiger partial charge in [-0.3, -0.25) is 4.79 Å². The summed E-state index contributed by atoms with van der Waals surface area (Å²) in [6.07, 6.45) is 2.00. The van der Waals surface area contributed by atoms with E-state index in [1.165, 1.54) is 6.92 Å². The lowest BCUT2D eigenvalue weighted by Gasteiger charge is -2.34. The van der Waals surface area contributed by atoms with Crippen LogP contribution in [-0.4, -0.2) is 41.1 Å². The van der Waals surface area contributed by atoms with E-state index in [2.05, 4.69) is 10.3 Å². The molecule has 0 amide bonds. The van der Waals surface area contributed by atoms with Crippen molar-refractivity contribution in [2.24, 2.45) is 0 Å². The Bertz CT molecular complexity index is 448. The third-order valence-electron chi connectivity index (χ3n) is 2.91. The second-order valence-electron chi connectivity index (χ2n) is 4.23. The van der Waals surface area contributed by atoms with Crippen molar-refractivity contribution in [1.82, 2.24) is 4.98 Å². The van der Waals surface area contributed by atoms with Crippen LogP contribution in [-0.2, 0) is 4.74 Å². The highest BCUT2D eigenvalue weighted by Crippen LogP contribution is 2.30. The van der Waals surface area contributed by atoms with Crippen molar-refractivity contribution in [2.75, 3.05) is 12.4 Å². The Kier molecular flexibility index (Phi) is 3.63. The van der Waals surface area contributed by atoms with Gasteiger partial charge in [-0.05, 0) is 12.8 Å². The predicted molar refractivity (Wildman–Crippen MR) is 66.5 cm³/mol. The summed E-state index contributed by atoms with van der Waals surface area (Å²) in [4.78, 5) is 26.4. The largest absolute Gasteiger partial charge is 0.476 e. The first kappa shape index (κ1) is 13.0. The van der Waals surface area contributed by atoms with Crippen LogP contribution in [0.4, 0.5) is 5.13 Å². The van der Waals surface area contributed by atoms with E-state index in [-0.39, 0.29) is 28.5 Å². The number of carboxylic acids is 1. The Labute approximate surface area is 108 Å². The number of thiazole rings is 1. The summed E-state index contributed by atoms with van der Waals surface area (Å²) in [5.74, 6) is -1.45. The number of ether oxygens (including phenoxy) is 1. The van der Waals surface area contributed by atoms with E-state index in [0.29, 0.717) is 5.13 Å². The van der Waals surface area contributed by atoms with Crippen LogP contribution >= 0.6 is 11.3 Å². The number of hydrogen-bond donors (Lipinski definition) is 2. The molecule has 0 atom stereocenters. The average Bonchev–Trinajstić information content (AvgIpc) is 2.66. The molecule has 0 unspecified atom stereocenters. The number of rotatable bonds is 5. The molecule has 1 aromatic heterocycles. The smallest absolute Gasteiger partial charge is 0.356 e. The van der Waals surface area contributed by atoms with Crippen LogP contribution in [0.25, 0.3) is 0 Å². The van der Waals surface area contributed by atoms with Gasteiger partial charge in [0.05, 0.1) is 6.10 Å². The number of aromatic carboxylic acids is 1. The predicted octanol–water partition coefficient (Wildman–Crippen LogP) is 1.63. The molecule has 2 rings (SSSR count). The first-order valence-electron chi connectivity index (χ1n) is 5.55. The third kappa shape index (κ3) is 2.51. The van der Waals surface area contributed by atoms with E-state index < -0.39 is 5.97 Å². The summed E-state index contributed by atoms with van der Waals surface area (Å²) >= 11 is 1.09. The summed E-state index contributed by atoms with van der Waals surface area (Å²) in [7, 11) is 1.67. The minimum absolute atomic E-state index is 0.169. The molecule has 1 saturated carbocycles. The number of nitrogens with one attached hydrogen (secondary N) is 1. The van der Waals surface area contributed by atoms with E-state index in [4.69, 9.17) is 9.84 Å². The highest BCUT2D eigenvalue weighted by atomic mass is 32.1. The monoisotopic (exact) mass is 270 g/mol. The molecule has 0 bridgehead atoms. The SMILES string of the molecule is COC1CC(Nc2nc(C(=O)O)c(C(C)=O)s2)C1. The molecule has 7 heteroatoms. The van der Waals surface area contributed by atoms with Crippen LogP contribution in [0, 0.1) is 0 Å². The van der Waals surface area contributed by atoms with Gasteiger partial charge in [-0.15, -0.1) is 0 Å². The quantitative estimate of drug-likeness (QED) is 0.791. The first-order chi connectivity index (χ1) is 8.51. The fraction of sp³-hybridized carbons (Fsp3) is 0.545. The number of ketones is 1. The van der Waals surface area contributed by atoms with Gasteiger partial charge in [-0.2, -0.15) is 0 Å². The molecule has 1 aromatic rings. The molecule has 0 spiro atoms. The molecule has 98 valence electrons. The van der Waals surface area contributed by atoms with Crippen LogP contribution in [0.5, 0.6) is 0 Å². The maximum atomic E-state index is 11.3. The van der Waals surface area contributed by atoms with E-state index in [1.54, 1.807) is 7.11 Å². The highest BCUT2D eigenvalue weighted by molar-refractivity contribution is 7.17. The number of hydrogen-bond acceptors (Lipinski definition) is 6. The number of carboxylic acid groups (broad SMARTS) is 1. The number of aromatic nitrogens is 1. The summed E-state index contributed by atoms with van der Waals surface area (Å²) < 4.78 is 5.15. The average molecular weight is 270 g/mol. The van der Waals surface area contributed by atoms with Crippen LogP contribution in [0.15, 0.2) is 0 Å². The molecule has 1 fully saturated rings. The molecule has 0 aromatic carbocycles. The molecule has 6 nitrogen and oxygen atoms in total. The summed E-state index contributed by atoms with van der Waals surface area (Å²) in [6, 6.07) is 0.238. The van der Waals surface area contributed by atoms with Gasteiger partial charge in [-0.25, -0.2) is 9.78 Å². The Balaban J connectivity index is 2.08. The molecular weight excluding hydrogens is 256 g/mol. The van der Waals surface area contributed by atoms with Gasteiger partial charge in [0.15, 0.2) is 16.6 Å². The van der Waals surface area contributed by atoms with Gasteiger partial charge in [0, 0.05) is 20.1 Å². The van der Waals surface area contributed by atoms with Crippen molar-refractivity contribution in [2.45, 2.75) is 31.9 Å². The van der Waals surface area contributed by atoms with Crippen LogP contribution in [0.3, 0.4) is 0 Å². The van der Waals surface area contributed by atoms with Gasteiger partial charge >= 0.3 is 5.97 Å². The van der Waals surface area contributed by atoms with Crippen molar-refractivity contribution in [3.05, 3.63) is 10.6 Å². The van der Waals surface area contributed by atoms with Crippen molar-refractivity contribution < 1.29 is 19.4 Å². The third-order valence-corrected chi connectivity index (χ3v) is 3.99. The lowest BCUT2D eigenvalue weighted by atomic mass is 9.89. The van der Waals surface area contributed by atoms with Gasteiger partial charge in [0.1, 0.15) is 4.88 Å². The fourth-order valence-electron chi connectivity index (χ4n) is 1.82.